The van der Waals surface area contributed by atoms with Crippen LogP contribution >= 0.6 is 0 Å². The van der Waals surface area contributed by atoms with Crippen molar-refractivity contribution < 1.29 is 4.79 Å². The van der Waals surface area contributed by atoms with E-state index in [2.05, 4.69) is 31.2 Å². The zero-order chi connectivity index (χ0) is 13.7. The van der Waals surface area contributed by atoms with Gasteiger partial charge in [-0.3, -0.25) is 4.79 Å². The zero-order valence-electron chi connectivity index (χ0n) is 11.8. The summed E-state index contributed by atoms with van der Waals surface area (Å²) >= 11 is 0. The maximum Gasteiger partial charge on any atom is 0.224 e. The van der Waals surface area contributed by atoms with E-state index in [1.165, 1.54) is 5.56 Å². The molecule has 3 nitrogen and oxygen atoms in total. The van der Waals surface area contributed by atoms with Crippen LogP contribution in [-0.2, 0) is 11.2 Å². The fraction of sp³-hybridized carbons (Fsp3) is 0.562. The lowest BCUT2D eigenvalue weighted by Gasteiger charge is -2.18. The van der Waals surface area contributed by atoms with Gasteiger partial charge >= 0.3 is 0 Å². The average molecular weight is 260 g/mol. The molecule has 1 saturated heterocycles. The van der Waals surface area contributed by atoms with Gasteiger partial charge in [-0.15, -0.1) is 0 Å². The summed E-state index contributed by atoms with van der Waals surface area (Å²) in [5.41, 5.74) is 8.54. The topological polar surface area (TPSA) is 46.3 Å². The number of likely N-dealkylation sites (tertiary alicyclic amines) is 1. The Hall–Kier alpha value is -1.35. The van der Waals surface area contributed by atoms with Crippen LogP contribution in [-0.4, -0.2) is 23.9 Å². The minimum atomic E-state index is -0.177. The van der Waals surface area contributed by atoms with E-state index >= 15 is 0 Å². The summed E-state index contributed by atoms with van der Waals surface area (Å²) in [6, 6.07) is 8.20. The molecule has 0 radical (unpaired) electrons. The predicted octanol–water partition coefficient (Wildman–Crippen LogP) is 2.65. The smallest absolute Gasteiger partial charge is 0.224 e. The van der Waals surface area contributed by atoms with E-state index in [1.807, 2.05) is 4.90 Å². The first-order chi connectivity index (χ1) is 9.20. The maximum atomic E-state index is 12.0. The third-order valence-electron chi connectivity index (χ3n) is 3.80. The second kappa shape index (κ2) is 6.71. The van der Waals surface area contributed by atoms with Crippen molar-refractivity contribution in [1.29, 1.82) is 0 Å². The van der Waals surface area contributed by atoms with Crippen LogP contribution in [0.4, 0.5) is 0 Å². The van der Waals surface area contributed by atoms with Gasteiger partial charge in [-0.25, -0.2) is 0 Å². The van der Waals surface area contributed by atoms with E-state index in [1.54, 1.807) is 0 Å². The van der Waals surface area contributed by atoms with Crippen molar-refractivity contribution in [2.45, 2.75) is 45.1 Å². The third kappa shape index (κ3) is 3.80. The first-order valence-electron chi connectivity index (χ1n) is 7.33. The van der Waals surface area contributed by atoms with Crippen molar-refractivity contribution in [1.82, 2.24) is 4.90 Å². The number of amides is 1. The highest BCUT2D eigenvalue weighted by Crippen LogP contribution is 2.18. The van der Waals surface area contributed by atoms with Crippen LogP contribution in [0.5, 0.6) is 0 Å². The van der Waals surface area contributed by atoms with Crippen LogP contribution in [0.2, 0.25) is 0 Å². The largest absolute Gasteiger partial charge is 0.343 e. The van der Waals surface area contributed by atoms with Gasteiger partial charge in [-0.1, -0.05) is 37.6 Å². The molecule has 1 aromatic carbocycles. The summed E-state index contributed by atoms with van der Waals surface area (Å²) in [6.45, 7) is 3.98. The second-order valence-electron chi connectivity index (χ2n) is 5.39. The van der Waals surface area contributed by atoms with Gasteiger partial charge in [-0.2, -0.15) is 0 Å². The Morgan fingerprint density at radius 1 is 1.26 bits per heavy atom. The molecule has 0 aliphatic carbocycles. The number of carbonyl (C=O) groups excluding carboxylic acids is 1. The number of aryl methyl sites for hydroxylation is 1. The van der Waals surface area contributed by atoms with Gasteiger partial charge in [0.2, 0.25) is 5.91 Å². The Balaban J connectivity index is 1.91. The van der Waals surface area contributed by atoms with E-state index in [0.29, 0.717) is 6.42 Å². The fourth-order valence-electron chi connectivity index (χ4n) is 2.62. The Morgan fingerprint density at radius 2 is 1.89 bits per heavy atom. The molecule has 104 valence electrons. The summed E-state index contributed by atoms with van der Waals surface area (Å²) in [4.78, 5) is 14.0. The Kier molecular flexibility index (Phi) is 4.97. The Morgan fingerprint density at radius 3 is 2.47 bits per heavy atom. The lowest BCUT2D eigenvalue weighted by atomic mass is 10.0. The molecule has 0 saturated carbocycles. The van der Waals surface area contributed by atoms with Crippen LogP contribution in [0.3, 0.4) is 0 Å². The molecule has 0 aromatic heterocycles. The SMILES string of the molecule is CCCc1ccc(C(N)CC(=O)N2CCCC2)cc1. The Bertz CT molecular complexity index is 407. The van der Waals surface area contributed by atoms with Crippen LogP contribution in [0.15, 0.2) is 24.3 Å². The van der Waals surface area contributed by atoms with Crippen molar-refractivity contribution in [2.24, 2.45) is 5.73 Å². The number of hydrogen-bond acceptors (Lipinski definition) is 2. The van der Waals surface area contributed by atoms with E-state index in [4.69, 9.17) is 5.73 Å². The van der Waals surface area contributed by atoms with E-state index in [9.17, 15) is 4.79 Å². The molecule has 1 aromatic rings. The van der Waals surface area contributed by atoms with Crippen molar-refractivity contribution in [2.75, 3.05) is 13.1 Å². The molecule has 1 aliphatic heterocycles. The molecule has 1 fully saturated rings. The predicted molar refractivity (Wildman–Crippen MR) is 77.8 cm³/mol. The number of rotatable bonds is 5. The molecule has 1 amide bonds. The van der Waals surface area contributed by atoms with Crippen molar-refractivity contribution >= 4 is 5.91 Å². The minimum absolute atomic E-state index is 0.177. The molecule has 0 bridgehead atoms. The Labute approximate surface area is 115 Å². The lowest BCUT2D eigenvalue weighted by molar-refractivity contribution is -0.130. The number of nitrogens with zero attached hydrogens (tertiary/aromatic N) is 1. The van der Waals surface area contributed by atoms with Crippen molar-refractivity contribution in [3.05, 3.63) is 35.4 Å². The lowest BCUT2D eigenvalue weighted by Crippen LogP contribution is -2.30. The molecule has 1 unspecified atom stereocenters. The molecule has 1 heterocycles. The van der Waals surface area contributed by atoms with Gasteiger partial charge in [0.05, 0.1) is 0 Å². The first-order valence-corrected chi connectivity index (χ1v) is 7.33. The van der Waals surface area contributed by atoms with Crippen molar-refractivity contribution in [3.63, 3.8) is 0 Å². The van der Waals surface area contributed by atoms with E-state index in [-0.39, 0.29) is 11.9 Å². The maximum absolute atomic E-state index is 12.0. The zero-order valence-corrected chi connectivity index (χ0v) is 11.8. The van der Waals surface area contributed by atoms with Gasteiger partial charge in [-0.05, 0) is 30.4 Å². The van der Waals surface area contributed by atoms with E-state index in [0.717, 1.165) is 44.3 Å². The monoisotopic (exact) mass is 260 g/mol. The summed E-state index contributed by atoms with van der Waals surface area (Å²) < 4.78 is 0. The van der Waals surface area contributed by atoms with Crippen LogP contribution in [0.25, 0.3) is 0 Å². The van der Waals surface area contributed by atoms with E-state index < -0.39 is 0 Å². The third-order valence-corrected chi connectivity index (χ3v) is 3.80. The van der Waals surface area contributed by atoms with Crippen LogP contribution < -0.4 is 5.73 Å². The number of carbonyl (C=O) groups is 1. The molecule has 2 rings (SSSR count). The number of hydrogen-bond donors (Lipinski definition) is 1. The molecule has 19 heavy (non-hydrogen) atoms. The minimum Gasteiger partial charge on any atom is -0.343 e. The summed E-state index contributed by atoms with van der Waals surface area (Å²) in [6.07, 6.45) is 4.94. The van der Waals surface area contributed by atoms with Crippen molar-refractivity contribution in [3.8, 4) is 0 Å². The molecular weight excluding hydrogens is 236 g/mol. The summed E-state index contributed by atoms with van der Waals surface area (Å²) in [7, 11) is 0. The molecule has 3 heteroatoms. The summed E-state index contributed by atoms with van der Waals surface area (Å²) in [5, 5.41) is 0. The van der Waals surface area contributed by atoms with Crippen LogP contribution in [0, 0.1) is 0 Å². The normalized spacial score (nSPS) is 16.6. The van der Waals surface area contributed by atoms with Gasteiger partial charge < -0.3 is 10.6 Å². The number of benzene rings is 1. The molecule has 1 aliphatic rings. The standard InChI is InChI=1S/C16H24N2O/c1-2-5-13-6-8-14(9-7-13)15(17)12-16(19)18-10-3-4-11-18/h6-9,15H,2-5,10-12,17H2,1H3. The van der Waals surface area contributed by atoms with Crippen LogP contribution in [0.1, 0.15) is 49.8 Å². The first kappa shape index (κ1) is 14.1. The highest BCUT2D eigenvalue weighted by Gasteiger charge is 2.20. The molecule has 1 atom stereocenters. The quantitative estimate of drug-likeness (QED) is 0.884. The molecule has 0 spiro atoms. The van der Waals surface area contributed by atoms with Gasteiger partial charge in [0, 0.05) is 25.6 Å². The second-order valence-corrected chi connectivity index (χ2v) is 5.39. The van der Waals surface area contributed by atoms with Gasteiger partial charge in [0.1, 0.15) is 0 Å². The highest BCUT2D eigenvalue weighted by molar-refractivity contribution is 5.77. The highest BCUT2D eigenvalue weighted by atomic mass is 16.2. The molecule has 2 N–H and O–H groups in total. The van der Waals surface area contributed by atoms with Gasteiger partial charge in [0.15, 0.2) is 0 Å². The molecular formula is C16H24N2O. The fourth-order valence-corrected chi connectivity index (χ4v) is 2.62. The average Bonchev–Trinajstić information content (AvgIpc) is 2.94. The van der Waals surface area contributed by atoms with Gasteiger partial charge in [0.25, 0.3) is 0 Å². The number of nitrogens with two attached hydrogens (primary N) is 1. The summed E-state index contributed by atoms with van der Waals surface area (Å²) in [5.74, 6) is 0.197.